The van der Waals surface area contributed by atoms with Gasteiger partial charge in [-0.2, -0.15) is 0 Å². The van der Waals surface area contributed by atoms with Gasteiger partial charge in [0.15, 0.2) is 38.8 Å². The van der Waals surface area contributed by atoms with E-state index in [9.17, 15) is 37.1 Å². The van der Waals surface area contributed by atoms with Gasteiger partial charge in [-0.1, -0.05) is 23.8 Å². The van der Waals surface area contributed by atoms with Gasteiger partial charge in [-0.15, -0.1) is 23.2 Å². The molecule has 2 saturated heterocycles. The average Bonchev–Trinajstić information content (AvgIpc) is 3.47. The number of fused-ring (bicyclic) bond motifs is 4. The number of halogens is 7. The second-order valence-corrected chi connectivity index (χ2v) is 14.2. The van der Waals surface area contributed by atoms with Crippen molar-refractivity contribution in [3.05, 3.63) is 100 Å². The van der Waals surface area contributed by atoms with Crippen molar-refractivity contribution in [1.29, 1.82) is 0 Å². The molecule has 3 fully saturated rings. The number of ether oxygens (including phenoxy) is 1. The zero-order chi connectivity index (χ0) is 37.6. The maximum absolute atomic E-state index is 15.2. The van der Waals surface area contributed by atoms with Crippen LogP contribution in [0.3, 0.4) is 0 Å². The van der Waals surface area contributed by atoms with E-state index < -0.39 is 98.2 Å². The van der Waals surface area contributed by atoms with Crippen molar-refractivity contribution in [2.75, 3.05) is 23.0 Å². The minimum absolute atomic E-state index is 0.0386. The van der Waals surface area contributed by atoms with Crippen LogP contribution in [0.5, 0.6) is 5.75 Å². The summed E-state index contributed by atoms with van der Waals surface area (Å²) in [5, 5.41) is 9.15. The Kier molecular flexibility index (Phi) is 8.58. The van der Waals surface area contributed by atoms with Crippen LogP contribution in [0.25, 0.3) is 0 Å². The van der Waals surface area contributed by atoms with Crippen molar-refractivity contribution >= 4 is 64.0 Å². The lowest BCUT2D eigenvalue weighted by atomic mass is 9.56. The molecule has 2 aliphatic heterocycles. The molecule has 6 atom stereocenters. The number of hydrogen-bond acceptors (Lipinski definition) is 7. The number of hydrogen-bond donors (Lipinski definition) is 1. The summed E-state index contributed by atoms with van der Waals surface area (Å²) >= 11 is 14.3. The molecule has 7 rings (SSSR count). The Morgan fingerprint density at radius 3 is 2.00 bits per heavy atom. The number of aliphatic hydroxyl groups excluding tert-OH is 1. The lowest BCUT2D eigenvalue weighted by Crippen LogP contribution is -2.60. The summed E-state index contributed by atoms with van der Waals surface area (Å²) in [5.74, 6) is -21.5. The summed E-state index contributed by atoms with van der Waals surface area (Å²) in [5.41, 5.74) is -0.892. The van der Waals surface area contributed by atoms with Crippen LogP contribution in [0.1, 0.15) is 41.6 Å². The number of imide groups is 2. The molecule has 2 heterocycles. The summed E-state index contributed by atoms with van der Waals surface area (Å²) in [7, 11) is 0. The first-order valence-electron chi connectivity index (χ1n) is 15.9. The third kappa shape index (κ3) is 4.80. The van der Waals surface area contributed by atoms with E-state index in [0.717, 1.165) is 4.90 Å². The molecule has 52 heavy (non-hydrogen) atoms. The number of carbonyl (C=O) groups excluding carboxylic acids is 5. The highest BCUT2D eigenvalue weighted by atomic mass is 35.5. The highest BCUT2D eigenvalue weighted by molar-refractivity contribution is 6.58. The first-order valence-corrected chi connectivity index (χ1v) is 16.7. The van der Waals surface area contributed by atoms with E-state index in [1.807, 2.05) is 0 Å². The standard InChI is InChI=1S/C36H25Cl2F5N2O7/c1-15(47)16-2-6-18(7-3-16)44-31(48)21-11-10-20-22(23(21)32(44)49)14-35(37)33(50)45(30-28(42)26(40)25(39)27(41)29(30)43)34(51)36(35,38)24(20)17-4-8-19(9-5-17)52-13-12-46/h2-10,21-24,46H,11-14H2,1H3/t21-,22+,23-,24-,35+,36-/m0/s1. The molecule has 3 aromatic rings. The van der Waals surface area contributed by atoms with Crippen molar-refractivity contribution in [2.45, 2.75) is 35.4 Å². The molecular formula is C36H25Cl2F5N2O7. The zero-order valence-electron chi connectivity index (χ0n) is 26.8. The van der Waals surface area contributed by atoms with E-state index in [4.69, 9.17) is 33.0 Å². The van der Waals surface area contributed by atoms with Crippen molar-refractivity contribution in [3.63, 3.8) is 0 Å². The molecule has 0 spiro atoms. The van der Waals surface area contributed by atoms with Crippen LogP contribution in [0.15, 0.2) is 60.2 Å². The number of nitrogens with zero attached hydrogens (tertiary/aromatic N) is 2. The summed E-state index contributed by atoms with van der Waals surface area (Å²) in [4.78, 5) is 64.0. The minimum Gasteiger partial charge on any atom is -0.491 e. The molecule has 4 aliphatic rings. The Labute approximate surface area is 301 Å². The number of benzene rings is 3. The third-order valence-electron chi connectivity index (χ3n) is 10.3. The fourth-order valence-electron chi connectivity index (χ4n) is 7.96. The maximum Gasteiger partial charge on any atom is 0.258 e. The molecule has 4 amide bonds. The third-order valence-corrected chi connectivity index (χ3v) is 11.7. The maximum atomic E-state index is 15.2. The fourth-order valence-corrected chi connectivity index (χ4v) is 8.90. The predicted octanol–water partition coefficient (Wildman–Crippen LogP) is 5.72. The topological polar surface area (TPSA) is 121 Å². The molecule has 9 nitrogen and oxygen atoms in total. The van der Waals surface area contributed by atoms with Crippen molar-refractivity contribution in [1.82, 2.24) is 0 Å². The van der Waals surface area contributed by atoms with Gasteiger partial charge in [-0.25, -0.2) is 26.9 Å². The van der Waals surface area contributed by atoms with Crippen LogP contribution in [-0.4, -0.2) is 57.5 Å². The van der Waals surface area contributed by atoms with Gasteiger partial charge in [0, 0.05) is 11.5 Å². The van der Waals surface area contributed by atoms with Crippen LogP contribution in [0, 0.1) is 46.8 Å². The number of anilines is 2. The molecule has 16 heteroatoms. The molecule has 0 unspecified atom stereocenters. The van der Waals surface area contributed by atoms with Gasteiger partial charge in [0.2, 0.25) is 17.6 Å². The molecule has 1 saturated carbocycles. The summed E-state index contributed by atoms with van der Waals surface area (Å²) in [6.45, 7) is 0.964. The number of carbonyl (C=O) groups is 5. The smallest absolute Gasteiger partial charge is 0.258 e. The molecule has 0 radical (unpaired) electrons. The van der Waals surface area contributed by atoms with E-state index in [0.29, 0.717) is 5.56 Å². The van der Waals surface area contributed by atoms with Gasteiger partial charge in [-0.05, 0) is 67.6 Å². The molecule has 3 aromatic carbocycles. The number of ketones is 1. The number of amides is 4. The van der Waals surface area contributed by atoms with Crippen LogP contribution < -0.4 is 14.5 Å². The Bertz CT molecular complexity index is 2100. The number of alkyl halides is 2. The van der Waals surface area contributed by atoms with Gasteiger partial charge < -0.3 is 9.84 Å². The summed E-state index contributed by atoms with van der Waals surface area (Å²) < 4.78 is 78.8. The second-order valence-electron chi connectivity index (χ2n) is 12.9. The molecule has 0 bridgehead atoms. The number of aliphatic hydroxyl groups is 1. The average molecular weight is 763 g/mol. The van der Waals surface area contributed by atoms with Gasteiger partial charge >= 0.3 is 0 Å². The van der Waals surface area contributed by atoms with E-state index >= 15 is 8.78 Å². The van der Waals surface area contributed by atoms with Gasteiger partial charge in [0.1, 0.15) is 18.0 Å². The number of allylic oxidation sites excluding steroid dienone is 2. The monoisotopic (exact) mass is 762 g/mol. The Morgan fingerprint density at radius 1 is 0.827 bits per heavy atom. The Hall–Kier alpha value is -4.66. The van der Waals surface area contributed by atoms with Crippen LogP contribution in [-0.2, 0) is 19.2 Å². The van der Waals surface area contributed by atoms with Crippen LogP contribution in [0.4, 0.5) is 33.3 Å². The van der Waals surface area contributed by atoms with E-state index in [1.165, 1.54) is 55.5 Å². The fraction of sp³-hybridized carbons (Fsp3) is 0.306. The van der Waals surface area contributed by atoms with Crippen molar-refractivity contribution in [2.24, 2.45) is 17.8 Å². The summed E-state index contributed by atoms with van der Waals surface area (Å²) in [6.07, 6.45) is 0.897. The highest BCUT2D eigenvalue weighted by Gasteiger charge is 2.77. The predicted molar refractivity (Wildman–Crippen MR) is 174 cm³/mol. The Morgan fingerprint density at radius 2 is 1.42 bits per heavy atom. The minimum atomic E-state index is -2.66. The second kappa shape index (κ2) is 12.5. The van der Waals surface area contributed by atoms with E-state index in [1.54, 1.807) is 6.08 Å². The van der Waals surface area contributed by atoms with Gasteiger partial charge in [-0.3, -0.25) is 28.9 Å². The van der Waals surface area contributed by atoms with Gasteiger partial charge in [0.25, 0.3) is 11.8 Å². The quantitative estimate of drug-likeness (QED) is 0.0622. The normalized spacial score (nSPS) is 28.1. The molecule has 270 valence electrons. The molecule has 1 N–H and O–H groups in total. The summed E-state index contributed by atoms with van der Waals surface area (Å²) in [6, 6.07) is 11.5. The molecular weight excluding hydrogens is 738 g/mol. The first kappa shape index (κ1) is 35.7. The highest BCUT2D eigenvalue weighted by Crippen LogP contribution is 2.66. The van der Waals surface area contributed by atoms with Crippen LogP contribution in [0.2, 0.25) is 0 Å². The SMILES string of the molecule is CC(=O)c1ccc(N2C(=O)[C@H]3[C@H](CC=C4[C@H]3C[C@@]3(Cl)C(=O)N(c5c(F)c(F)c(F)c(F)c5F)C(=O)[C@@]3(Cl)[C@H]4c3ccc(OCCO)cc3)C2=O)cc1. The molecule has 2 aliphatic carbocycles. The molecule has 0 aromatic heterocycles. The lowest BCUT2D eigenvalue weighted by Gasteiger charge is -2.50. The Balaban J connectivity index is 1.38. The van der Waals surface area contributed by atoms with Crippen LogP contribution >= 0.6 is 23.2 Å². The zero-order valence-corrected chi connectivity index (χ0v) is 28.3. The van der Waals surface area contributed by atoms with Crippen molar-refractivity contribution < 1.29 is 55.8 Å². The van der Waals surface area contributed by atoms with Gasteiger partial charge in [0.05, 0.1) is 24.1 Å². The van der Waals surface area contributed by atoms with E-state index in [2.05, 4.69) is 0 Å². The van der Waals surface area contributed by atoms with Crippen molar-refractivity contribution in [3.8, 4) is 5.75 Å². The first-order chi connectivity index (χ1) is 24.6. The lowest BCUT2D eigenvalue weighted by molar-refractivity contribution is -0.125. The largest absolute Gasteiger partial charge is 0.491 e. The number of rotatable bonds is 7. The van der Waals surface area contributed by atoms with E-state index in [-0.39, 0.29) is 52.9 Å². The number of Topliss-reactive ketones (excluding diaryl/α,β-unsaturated/α-hetero) is 1.